The molecule has 13 heteroatoms. The first kappa shape index (κ1) is 33.5. The van der Waals surface area contributed by atoms with E-state index in [2.05, 4.69) is 29.8 Å². The number of cyclic esters (lactones) is 1. The molecule has 0 spiro atoms. The van der Waals surface area contributed by atoms with E-state index >= 15 is 0 Å². The lowest BCUT2D eigenvalue weighted by molar-refractivity contribution is -0.145. The van der Waals surface area contributed by atoms with Gasteiger partial charge in [0, 0.05) is 13.1 Å². The van der Waals surface area contributed by atoms with Gasteiger partial charge in [-0.25, -0.2) is 9.59 Å². The summed E-state index contributed by atoms with van der Waals surface area (Å²) >= 11 is 0. The van der Waals surface area contributed by atoms with E-state index in [9.17, 15) is 28.8 Å². The topological polar surface area (TPSA) is 180 Å². The van der Waals surface area contributed by atoms with Crippen LogP contribution in [0.2, 0.25) is 0 Å². The van der Waals surface area contributed by atoms with Gasteiger partial charge in [0.2, 0.25) is 17.6 Å². The highest BCUT2D eigenvalue weighted by Gasteiger charge is 2.70. The first-order chi connectivity index (χ1) is 20.4. The van der Waals surface area contributed by atoms with Crippen molar-refractivity contribution >= 4 is 35.6 Å². The summed E-state index contributed by atoms with van der Waals surface area (Å²) in [6, 6.07) is -3.80. The zero-order valence-electron chi connectivity index (χ0n) is 27.1. The average Bonchev–Trinajstić information content (AvgIpc) is 3.24. The van der Waals surface area contributed by atoms with Crippen molar-refractivity contribution in [2.24, 2.45) is 40.2 Å². The number of Topliss-reactive ketones (excluding diaryl/α,β-unsaturated/α-hetero) is 1. The number of hydrogen-bond acceptors (Lipinski definition) is 7. The van der Waals surface area contributed by atoms with Crippen LogP contribution >= 0.6 is 0 Å². The molecule has 0 aromatic carbocycles. The van der Waals surface area contributed by atoms with Crippen LogP contribution in [0, 0.1) is 34.5 Å². The van der Waals surface area contributed by atoms with E-state index < -0.39 is 59.2 Å². The predicted octanol–water partition coefficient (Wildman–Crippen LogP) is 1.39. The van der Waals surface area contributed by atoms with Crippen molar-refractivity contribution in [3.63, 3.8) is 0 Å². The van der Waals surface area contributed by atoms with Gasteiger partial charge in [-0.05, 0) is 40.9 Å². The van der Waals surface area contributed by atoms with Crippen LogP contribution < -0.4 is 21.7 Å². The van der Waals surface area contributed by atoms with Crippen LogP contribution in [0.15, 0.2) is 0 Å². The van der Waals surface area contributed by atoms with E-state index in [1.807, 2.05) is 34.6 Å². The monoisotopic (exact) mass is 618 g/mol. The fraction of sp³-hybridized carbons (Fsp3) is 0.806. The van der Waals surface area contributed by atoms with Gasteiger partial charge in [-0.1, -0.05) is 67.7 Å². The molecule has 2 heterocycles. The third-order valence-corrected chi connectivity index (χ3v) is 10.2. The number of nitrogens with one attached hydrogen (secondary N) is 3. The molecule has 0 aromatic heterocycles. The molecule has 6 amide bonds. The van der Waals surface area contributed by atoms with E-state index in [0.29, 0.717) is 26.1 Å². The molecule has 0 aromatic rings. The van der Waals surface area contributed by atoms with Crippen molar-refractivity contribution in [2.75, 3.05) is 26.2 Å². The van der Waals surface area contributed by atoms with E-state index in [0.717, 1.165) is 19.3 Å². The molecule has 4 rings (SSSR count). The number of hydrogen-bond donors (Lipinski definition) is 4. The highest BCUT2D eigenvalue weighted by molar-refractivity contribution is 6.37. The number of fused-ring (bicyclic) bond motifs is 1. The first-order valence-corrected chi connectivity index (χ1v) is 15.9. The number of likely N-dealkylation sites (tertiary alicyclic amines) is 1. The van der Waals surface area contributed by atoms with E-state index in [4.69, 9.17) is 10.5 Å². The Hall–Kier alpha value is -3.38. The minimum atomic E-state index is -1.09. The summed E-state index contributed by atoms with van der Waals surface area (Å²) in [6.45, 7) is 14.9. The number of urea groups is 1. The normalized spacial score (nSPS) is 26.2. The maximum absolute atomic E-state index is 14.2. The van der Waals surface area contributed by atoms with Gasteiger partial charge < -0.3 is 36.2 Å². The summed E-state index contributed by atoms with van der Waals surface area (Å²) in [6.07, 6.45) is 2.80. The predicted molar refractivity (Wildman–Crippen MR) is 161 cm³/mol. The van der Waals surface area contributed by atoms with Crippen LogP contribution in [-0.2, 0) is 23.9 Å². The number of amides is 6. The Balaban J connectivity index is 1.50. The lowest BCUT2D eigenvalue weighted by atomic mass is 9.80. The SMILES string of the molecule is CC(C)[C@@H](CN1CCOC1=O)NC(=O)N[C@H](C(=O)N1C[C@H]2[C@@H]([C@H]1C(=O)NC(CC1CCC1)C(=O)C(N)=O)C2(C)C)C(C)(C)C. The second-order valence-electron chi connectivity index (χ2n) is 15.0. The van der Waals surface area contributed by atoms with Crippen LogP contribution in [0.5, 0.6) is 0 Å². The largest absolute Gasteiger partial charge is 0.448 e. The zero-order chi connectivity index (χ0) is 32.7. The molecule has 13 nitrogen and oxygen atoms in total. The summed E-state index contributed by atoms with van der Waals surface area (Å²) < 4.78 is 5.02. The molecule has 0 radical (unpaired) electrons. The van der Waals surface area contributed by atoms with E-state index in [1.54, 1.807) is 4.90 Å². The fourth-order valence-corrected chi connectivity index (χ4v) is 6.94. The van der Waals surface area contributed by atoms with Crippen molar-refractivity contribution in [3.8, 4) is 0 Å². The van der Waals surface area contributed by atoms with Gasteiger partial charge >= 0.3 is 12.1 Å². The number of rotatable bonds is 12. The summed E-state index contributed by atoms with van der Waals surface area (Å²) in [5.41, 5.74) is 4.43. The Morgan fingerprint density at radius 2 is 1.73 bits per heavy atom. The highest BCUT2D eigenvalue weighted by Crippen LogP contribution is 2.65. The van der Waals surface area contributed by atoms with E-state index in [1.165, 1.54) is 4.90 Å². The van der Waals surface area contributed by atoms with Gasteiger partial charge in [-0.2, -0.15) is 0 Å². The number of ketones is 1. The average molecular weight is 619 g/mol. The van der Waals surface area contributed by atoms with Gasteiger partial charge in [0.25, 0.3) is 5.91 Å². The maximum atomic E-state index is 14.2. The maximum Gasteiger partial charge on any atom is 0.410 e. The molecule has 44 heavy (non-hydrogen) atoms. The van der Waals surface area contributed by atoms with Gasteiger partial charge in [-0.15, -0.1) is 0 Å². The Morgan fingerprint density at radius 1 is 1.07 bits per heavy atom. The lowest BCUT2D eigenvalue weighted by Gasteiger charge is -2.38. The Labute approximate surface area is 259 Å². The minimum absolute atomic E-state index is 0.00469. The third-order valence-electron chi connectivity index (χ3n) is 10.2. The highest BCUT2D eigenvalue weighted by atomic mass is 16.6. The molecule has 4 aliphatic rings. The van der Waals surface area contributed by atoms with Gasteiger partial charge in [0.05, 0.1) is 18.6 Å². The second kappa shape index (κ2) is 12.5. The Kier molecular flexibility index (Phi) is 9.56. The summed E-state index contributed by atoms with van der Waals surface area (Å²) in [7, 11) is 0. The number of carbonyl (C=O) groups excluding carboxylic acids is 6. The second-order valence-corrected chi connectivity index (χ2v) is 15.0. The van der Waals surface area contributed by atoms with Crippen molar-refractivity contribution in [3.05, 3.63) is 0 Å². The van der Waals surface area contributed by atoms with Gasteiger partial charge in [0.15, 0.2) is 0 Å². The van der Waals surface area contributed by atoms with Crippen LogP contribution in [0.3, 0.4) is 0 Å². The summed E-state index contributed by atoms with van der Waals surface area (Å²) in [5.74, 6) is -2.62. The molecule has 0 bridgehead atoms. The number of nitrogens with two attached hydrogens (primary N) is 1. The molecule has 6 atom stereocenters. The van der Waals surface area contributed by atoms with Crippen LogP contribution in [0.1, 0.15) is 74.1 Å². The fourth-order valence-electron chi connectivity index (χ4n) is 6.94. The van der Waals surface area contributed by atoms with Crippen molar-refractivity contribution < 1.29 is 33.5 Å². The third kappa shape index (κ3) is 6.96. The Morgan fingerprint density at radius 3 is 2.23 bits per heavy atom. The number of nitrogens with zero attached hydrogens (tertiary/aromatic N) is 2. The number of piperidine rings is 1. The Bertz CT molecular complexity index is 1180. The van der Waals surface area contributed by atoms with Crippen molar-refractivity contribution in [1.82, 2.24) is 25.8 Å². The summed E-state index contributed by atoms with van der Waals surface area (Å²) in [5, 5.41) is 8.57. The molecular formula is C31H50N6O7. The number of primary amides is 1. The van der Waals surface area contributed by atoms with Crippen LogP contribution in [0.4, 0.5) is 9.59 Å². The van der Waals surface area contributed by atoms with E-state index in [-0.39, 0.29) is 41.7 Å². The molecule has 4 fully saturated rings. The van der Waals surface area contributed by atoms with Gasteiger partial charge in [0.1, 0.15) is 18.7 Å². The quantitative estimate of drug-likeness (QED) is 0.239. The lowest BCUT2D eigenvalue weighted by Crippen LogP contribution is -2.62. The van der Waals surface area contributed by atoms with Crippen molar-refractivity contribution in [1.29, 1.82) is 0 Å². The summed E-state index contributed by atoms with van der Waals surface area (Å²) in [4.78, 5) is 80.9. The molecule has 5 N–H and O–H groups in total. The molecular weight excluding hydrogens is 568 g/mol. The molecule has 246 valence electrons. The standard InChI is InChI=1S/C31H50N6O7/c1-16(2)20(15-36-11-12-44-29(36)43)34-28(42)35-24(30(3,4)5)27(41)37-14-18-21(31(18,6)7)22(37)26(40)33-19(23(38)25(32)39)13-17-9-8-10-17/h16-22,24H,8-15H2,1-7H3,(H2,32,39)(H,33,40)(H2,34,35,42)/t18-,19?,20+,21-,22-,24+/m0/s1. The zero-order valence-corrected chi connectivity index (χ0v) is 27.1. The molecule has 2 saturated heterocycles. The minimum Gasteiger partial charge on any atom is -0.448 e. The molecule has 2 aliphatic heterocycles. The smallest absolute Gasteiger partial charge is 0.410 e. The molecule has 1 unspecified atom stereocenters. The van der Waals surface area contributed by atoms with Crippen LogP contribution in [0.25, 0.3) is 0 Å². The number of ether oxygens (including phenoxy) is 1. The number of carbonyl (C=O) groups is 6. The van der Waals surface area contributed by atoms with Gasteiger partial charge in [-0.3, -0.25) is 19.2 Å². The molecule has 2 saturated carbocycles. The molecule has 2 aliphatic carbocycles. The van der Waals surface area contributed by atoms with Crippen molar-refractivity contribution in [2.45, 2.75) is 98.3 Å². The first-order valence-electron chi connectivity index (χ1n) is 15.9. The van der Waals surface area contributed by atoms with Crippen LogP contribution in [-0.4, -0.2) is 95.8 Å².